The van der Waals surface area contributed by atoms with Crippen molar-refractivity contribution in [3.63, 3.8) is 0 Å². The number of imidazole rings is 1. The Morgan fingerprint density at radius 3 is 3.24 bits per heavy atom. The van der Waals surface area contributed by atoms with E-state index in [1.807, 2.05) is 0 Å². The molecule has 2 aliphatic rings. The van der Waals surface area contributed by atoms with Crippen molar-refractivity contribution in [2.75, 3.05) is 18.9 Å². The number of fused-ring (bicyclic) bond motifs is 2. The predicted octanol–water partition coefficient (Wildman–Crippen LogP) is 0.832. The molecule has 134 valence electrons. The molecule has 4 atom stereocenters. The lowest BCUT2D eigenvalue weighted by Crippen LogP contribution is -2.33. The number of aromatic nitrogens is 4. The summed E-state index contributed by atoms with van der Waals surface area (Å²) in [6.07, 6.45) is 2.62. The van der Waals surface area contributed by atoms with Crippen LogP contribution in [0.2, 0.25) is 0 Å². The number of hydrogen-bond acceptors (Lipinski definition) is 9. The molecule has 0 bridgehead atoms. The van der Waals surface area contributed by atoms with Gasteiger partial charge in [-0.3, -0.25) is 14.3 Å². The minimum absolute atomic E-state index is 0.0163. The van der Waals surface area contributed by atoms with Crippen LogP contribution in [0.5, 0.6) is 0 Å². The zero-order chi connectivity index (χ0) is 17.6. The summed E-state index contributed by atoms with van der Waals surface area (Å²) in [4.78, 5) is 22.5. The number of hydrogen-bond donors (Lipinski definition) is 2. The monoisotopic (exact) mass is 385 g/mol. The molecule has 0 amide bonds. The van der Waals surface area contributed by atoms with Gasteiger partial charge in [0.1, 0.15) is 12.3 Å². The fourth-order valence-electron chi connectivity index (χ4n) is 2.86. The second kappa shape index (κ2) is 6.27. The topological polar surface area (TPSA) is 127 Å². The number of nitrogens with two attached hydrogens (primary N) is 1. The van der Waals surface area contributed by atoms with Crippen molar-refractivity contribution >= 4 is 35.6 Å². The summed E-state index contributed by atoms with van der Waals surface area (Å²) < 4.78 is 24.5. The Balaban J connectivity index is 1.58. The molecule has 0 aliphatic carbocycles. The molecule has 0 radical (unpaired) electrons. The number of ether oxygens (including phenoxy) is 1. The highest BCUT2D eigenvalue weighted by atomic mass is 32.5. The summed E-state index contributed by atoms with van der Waals surface area (Å²) in [6.45, 7) is 1.32. The Morgan fingerprint density at radius 1 is 1.60 bits per heavy atom. The average molecular weight is 385 g/mol. The van der Waals surface area contributed by atoms with E-state index >= 15 is 0 Å². The third kappa shape index (κ3) is 3.03. The van der Waals surface area contributed by atoms with Gasteiger partial charge in [-0.2, -0.15) is 4.98 Å². The molecule has 0 aromatic carbocycles. The molecular formula is C13H16N5O5PS. The van der Waals surface area contributed by atoms with E-state index in [9.17, 15) is 4.79 Å². The van der Waals surface area contributed by atoms with Crippen molar-refractivity contribution in [1.29, 1.82) is 0 Å². The van der Waals surface area contributed by atoms with E-state index in [0.717, 1.165) is 0 Å². The normalized spacial score (nSPS) is 31.9. The van der Waals surface area contributed by atoms with E-state index in [0.29, 0.717) is 12.1 Å². The van der Waals surface area contributed by atoms with Crippen LogP contribution in [-0.2, 0) is 30.1 Å². The quantitative estimate of drug-likeness (QED) is 0.581. The molecule has 2 aromatic heterocycles. The minimum atomic E-state index is -2.80. The number of nitrogens with zero attached hydrogens (tertiary/aromatic N) is 3. The molecule has 3 N–H and O–H groups in total. The molecule has 4 unspecified atom stereocenters. The van der Waals surface area contributed by atoms with E-state index in [1.54, 1.807) is 10.6 Å². The highest BCUT2D eigenvalue weighted by Crippen LogP contribution is 2.56. The largest absolute Gasteiger partial charge is 0.369 e. The third-order valence-corrected chi connectivity index (χ3v) is 6.30. The first-order valence-electron chi connectivity index (χ1n) is 7.55. The van der Waals surface area contributed by atoms with Crippen molar-refractivity contribution in [1.82, 2.24) is 19.5 Å². The van der Waals surface area contributed by atoms with Crippen LogP contribution in [0, 0.1) is 0 Å². The van der Waals surface area contributed by atoms with Crippen LogP contribution in [0.15, 0.2) is 23.8 Å². The number of rotatable bonds is 4. The van der Waals surface area contributed by atoms with Gasteiger partial charge in [0.2, 0.25) is 5.95 Å². The Bertz CT molecular complexity index is 929. The second-order valence-corrected chi connectivity index (χ2v) is 8.57. The molecule has 2 saturated heterocycles. The maximum Gasteiger partial charge on any atom is 0.327 e. The van der Waals surface area contributed by atoms with Crippen LogP contribution >= 0.6 is 6.72 Å². The highest BCUT2D eigenvalue weighted by molar-refractivity contribution is 8.07. The first-order valence-corrected chi connectivity index (χ1v) is 10.1. The first kappa shape index (κ1) is 16.8. The number of anilines is 1. The van der Waals surface area contributed by atoms with Gasteiger partial charge in [0.25, 0.3) is 5.56 Å². The van der Waals surface area contributed by atoms with E-state index in [-0.39, 0.29) is 36.9 Å². The van der Waals surface area contributed by atoms with Gasteiger partial charge in [-0.15, -0.1) is 6.58 Å². The van der Waals surface area contributed by atoms with E-state index in [2.05, 4.69) is 21.5 Å². The van der Waals surface area contributed by atoms with Gasteiger partial charge >= 0.3 is 6.72 Å². The standard InChI is InChI=1S/C13H16N5O5PS/c1-2-3-20-24(25)21-5-8-7(23-24)4-9(22-8)18-6-15-10-11(18)16-13(14)17-12(10)19/h2,6-9H,1,3-5H2,(H3,14,16,17,19). The molecule has 25 heavy (non-hydrogen) atoms. The van der Waals surface area contributed by atoms with Crippen LogP contribution in [0.25, 0.3) is 11.2 Å². The fourth-order valence-corrected chi connectivity index (χ4v) is 4.92. The van der Waals surface area contributed by atoms with Crippen molar-refractivity contribution < 1.29 is 18.3 Å². The van der Waals surface area contributed by atoms with Crippen molar-refractivity contribution in [2.24, 2.45) is 0 Å². The summed E-state index contributed by atoms with van der Waals surface area (Å²) in [5.41, 5.74) is 5.78. The lowest BCUT2D eigenvalue weighted by atomic mass is 10.2. The lowest BCUT2D eigenvalue weighted by molar-refractivity contribution is -0.0603. The van der Waals surface area contributed by atoms with Gasteiger partial charge < -0.3 is 24.0 Å². The van der Waals surface area contributed by atoms with E-state index in [4.69, 9.17) is 35.8 Å². The molecule has 12 heteroatoms. The maximum atomic E-state index is 11.9. The number of aromatic amines is 1. The van der Waals surface area contributed by atoms with Crippen LogP contribution < -0.4 is 11.3 Å². The molecule has 0 saturated carbocycles. The van der Waals surface area contributed by atoms with Gasteiger partial charge in [0.05, 0.1) is 25.6 Å². The molecule has 4 heterocycles. The molecule has 0 spiro atoms. The van der Waals surface area contributed by atoms with Crippen LogP contribution in [0.1, 0.15) is 12.6 Å². The maximum absolute atomic E-state index is 11.9. The lowest BCUT2D eigenvalue weighted by Gasteiger charge is -2.32. The molecule has 4 rings (SSSR count). The predicted molar refractivity (Wildman–Crippen MR) is 92.3 cm³/mol. The summed E-state index contributed by atoms with van der Waals surface area (Å²) in [5.74, 6) is 0.0163. The summed E-state index contributed by atoms with van der Waals surface area (Å²) in [6, 6.07) is 0. The highest BCUT2D eigenvalue weighted by Gasteiger charge is 2.45. The van der Waals surface area contributed by atoms with Crippen molar-refractivity contribution in [2.45, 2.75) is 24.9 Å². The second-order valence-electron chi connectivity index (χ2n) is 5.61. The SMILES string of the molecule is C=CCOP1(=S)OCC2OC(n3cnc4c(=O)[nH]c(N)nc43)CC2O1. The Kier molecular flexibility index (Phi) is 4.22. The Morgan fingerprint density at radius 2 is 2.44 bits per heavy atom. The van der Waals surface area contributed by atoms with Crippen molar-refractivity contribution in [3.8, 4) is 0 Å². The number of nitrogen functional groups attached to an aromatic ring is 1. The number of nitrogens with one attached hydrogen (secondary N) is 1. The van der Waals surface area contributed by atoms with E-state index in [1.165, 1.54) is 6.33 Å². The van der Waals surface area contributed by atoms with Gasteiger partial charge in [0, 0.05) is 6.42 Å². The zero-order valence-corrected chi connectivity index (χ0v) is 14.7. The van der Waals surface area contributed by atoms with Crippen molar-refractivity contribution in [3.05, 3.63) is 29.3 Å². The number of H-pyrrole nitrogens is 1. The smallest absolute Gasteiger partial charge is 0.327 e. The molecular weight excluding hydrogens is 369 g/mol. The van der Waals surface area contributed by atoms with Gasteiger partial charge in [-0.05, 0) is 11.8 Å². The Hall–Kier alpha value is -1.62. The molecule has 2 aromatic rings. The van der Waals surface area contributed by atoms with Gasteiger partial charge in [-0.1, -0.05) is 6.08 Å². The van der Waals surface area contributed by atoms with E-state index < -0.39 is 18.5 Å². The van der Waals surface area contributed by atoms with Crippen LogP contribution in [0.3, 0.4) is 0 Å². The molecule has 2 fully saturated rings. The Labute approximate surface area is 147 Å². The summed E-state index contributed by atoms with van der Waals surface area (Å²) >= 11 is 5.34. The first-order chi connectivity index (χ1) is 12.0. The summed E-state index contributed by atoms with van der Waals surface area (Å²) in [5, 5.41) is 0. The van der Waals surface area contributed by atoms with Crippen LogP contribution in [-0.4, -0.2) is 44.9 Å². The zero-order valence-electron chi connectivity index (χ0n) is 13.0. The van der Waals surface area contributed by atoms with Gasteiger partial charge in [-0.25, -0.2) is 4.98 Å². The summed E-state index contributed by atoms with van der Waals surface area (Å²) in [7, 11) is 0. The molecule has 2 aliphatic heterocycles. The third-order valence-electron chi connectivity index (χ3n) is 3.95. The van der Waals surface area contributed by atoms with Gasteiger partial charge in [0.15, 0.2) is 11.2 Å². The fraction of sp³-hybridized carbons (Fsp3) is 0.462. The molecule has 10 nitrogen and oxygen atoms in total. The minimum Gasteiger partial charge on any atom is -0.369 e. The average Bonchev–Trinajstić information content (AvgIpc) is 3.16. The van der Waals surface area contributed by atoms with Crippen LogP contribution in [0.4, 0.5) is 5.95 Å².